The van der Waals surface area contributed by atoms with Crippen LogP contribution < -0.4 is 15.8 Å². The van der Waals surface area contributed by atoms with Gasteiger partial charge >= 0.3 is 6.03 Å². The van der Waals surface area contributed by atoms with Crippen molar-refractivity contribution in [1.82, 2.24) is 35.1 Å². The molecule has 2 fully saturated rings. The molecular formula is C27H32N8O4. The van der Waals surface area contributed by atoms with Gasteiger partial charge in [-0.25, -0.2) is 9.78 Å². The highest BCUT2D eigenvalue weighted by Gasteiger charge is 2.49. The predicted molar refractivity (Wildman–Crippen MR) is 142 cm³/mol. The quantitative estimate of drug-likeness (QED) is 0.439. The zero-order chi connectivity index (χ0) is 27.6. The largest absolute Gasteiger partial charge is 0.497 e. The number of imide groups is 1. The minimum Gasteiger partial charge on any atom is -0.497 e. The monoisotopic (exact) mass is 532 g/mol. The van der Waals surface area contributed by atoms with Gasteiger partial charge in [0.2, 0.25) is 5.91 Å². The number of rotatable bonds is 7. The summed E-state index contributed by atoms with van der Waals surface area (Å²) >= 11 is 0. The van der Waals surface area contributed by atoms with E-state index in [1.54, 1.807) is 53.9 Å². The first-order valence-corrected chi connectivity index (χ1v) is 13.0. The summed E-state index contributed by atoms with van der Waals surface area (Å²) in [7, 11) is 1.56. The normalized spacial score (nSPS) is 21.5. The van der Waals surface area contributed by atoms with Crippen molar-refractivity contribution in [3.63, 3.8) is 0 Å². The molecule has 12 heteroatoms. The summed E-state index contributed by atoms with van der Waals surface area (Å²) in [5, 5.41) is 11.2. The number of benzene rings is 1. The van der Waals surface area contributed by atoms with E-state index in [2.05, 4.69) is 20.6 Å². The number of aromatic nitrogens is 4. The average molecular weight is 533 g/mol. The van der Waals surface area contributed by atoms with E-state index in [1.165, 1.54) is 0 Å². The van der Waals surface area contributed by atoms with E-state index in [1.807, 2.05) is 18.3 Å². The number of amides is 4. The third-order valence-corrected chi connectivity index (χ3v) is 7.37. The molecule has 204 valence electrons. The van der Waals surface area contributed by atoms with Gasteiger partial charge in [-0.2, -0.15) is 0 Å². The van der Waals surface area contributed by atoms with Crippen LogP contribution in [-0.2, 0) is 21.7 Å². The van der Waals surface area contributed by atoms with Crippen molar-refractivity contribution in [3.8, 4) is 17.1 Å². The van der Waals surface area contributed by atoms with Crippen LogP contribution in [0.2, 0.25) is 0 Å². The lowest BCUT2D eigenvalue weighted by Gasteiger charge is -2.26. The Morgan fingerprint density at radius 3 is 2.69 bits per heavy atom. The van der Waals surface area contributed by atoms with Crippen LogP contribution in [0.25, 0.3) is 11.4 Å². The molecule has 0 spiro atoms. The van der Waals surface area contributed by atoms with Gasteiger partial charge in [0.15, 0.2) is 0 Å². The number of nitrogens with two attached hydrogens (primary N) is 1. The molecule has 1 aromatic carbocycles. The number of ether oxygens (including phenoxy) is 1. The van der Waals surface area contributed by atoms with E-state index in [4.69, 9.17) is 10.5 Å². The molecule has 2 aromatic heterocycles. The molecule has 39 heavy (non-hydrogen) atoms. The van der Waals surface area contributed by atoms with Crippen molar-refractivity contribution in [2.75, 3.05) is 32.5 Å². The fraction of sp³-hybridized carbons (Fsp3) is 0.407. The Balaban J connectivity index is 1.23. The smallest absolute Gasteiger partial charge is 0.325 e. The highest BCUT2D eigenvalue weighted by molar-refractivity contribution is 6.09. The maximum atomic E-state index is 13.3. The van der Waals surface area contributed by atoms with Crippen LogP contribution in [0.4, 0.5) is 10.6 Å². The van der Waals surface area contributed by atoms with Gasteiger partial charge in [-0.05, 0) is 55.5 Å². The molecule has 3 N–H and O–H groups in total. The minimum absolute atomic E-state index is 0.146. The summed E-state index contributed by atoms with van der Waals surface area (Å²) < 4.78 is 6.95. The highest BCUT2D eigenvalue weighted by atomic mass is 16.5. The standard InChI is InChI=1S/C27H32N8O4/c1-27(19-9-11-20(39-2)12-10-19)25(37)35(26(38)30-27)17-24(36)33-13-4-3-6-18(14-33)15-34-16-22(31-32-34)21-7-5-8-23(28)29-21/h5,7-12,16,18H,3-4,6,13-15,17H2,1-2H3,(H2,28,29)(H,30,38). The number of methoxy groups -OCH3 is 1. The van der Waals surface area contributed by atoms with Crippen LogP contribution in [0, 0.1) is 5.92 Å². The number of likely N-dealkylation sites (tertiary alicyclic amines) is 1. The Morgan fingerprint density at radius 1 is 1.15 bits per heavy atom. The summed E-state index contributed by atoms with van der Waals surface area (Å²) in [6, 6.07) is 11.7. The van der Waals surface area contributed by atoms with Gasteiger partial charge in [0, 0.05) is 19.6 Å². The fourth-order valence-corrected chi connectivity index (χ4v) is 5.16. The number of hydrogen-bond acceptors (Lipinski definition) is 8. The van der Waals surface area contributed by atoms with Crippen LogP contribution in [0.5, 0.6) is 5.75 Å². The van der Waals surface area contributed by atoms with E-state index < -0.39 is 17.5 Å². The molecule has 2 atom stereocenters. The van der Waals surface area contributed by atoms with Gasteiger partial charge in [-0.3, -0.25) is 19.2 Å². The Bertz CT molecular complexity index is 1370. The van der Waals surface area contributed by atoms with E-state index in [0.29, 0.717) is 48.2 Å². The Kier molecular flexibility index (Phi) is 7.18. The molecule has 12 nitrogen and oxygen atoms in total. The topological polar surface area (TPSA) is 149 Å². The van der Waals surface area contributed by atoms with Crippen LogP contribution in [0.15, 0.2) is 48.7 Å². The maximum absolute atomic E-state index is 13.3. The average Bonchev–Trinajstić information content (AvgIpc) is 3.38. The number of nitrogens with zero attached hydrogens (tertiary/aromatic N) is 6. The van der Waals surface area contributed by atoms with Crippen molar-refractivity contribution in [2.45, 2.75) is 38.3 Å². The minimum atomic E-state index is -1.26. The molecule has 0 bridgehead atoms. The van der Waals surface area contributed by atoms with Gasteiger partial charge in [0.1, 0.15) is 29.3 Å². The number of carbonyl (C=O) groups is 3. The third-order valence-electron chi connectivity index (χ3n) is 7.37. The van der Waals surface area contributed by atoms with Crippen LogP contribution >= 0.6 is 0 Å². The first-order valence-electron chi connectivity index (χ1n) is 13.0. The molecule has 0 saturated carbocycles. The summed E-state index contributed by atoms with van der Waals surface area (Å²) in [6.45, 7) is 3.00. The van der Waals surface area contributed by atoms with Crippen molar-refractivity contribution in [2.24, 2.45) is 5.92 Å². The summed E-state index contributed by atoms with van der Waals surface area (Å²) in [4.78, 5) is 46.5. The Hall–Kier alpha value is -4.48. The molecule has 0 radical (unpaired) electrons. The van der Waals surface area contributed by atoms with Gasteiger partial charge in [0.05, 0.1) is 19.0 Å². The van der Waals surface area contributed by atoms with Crippen molar-refractivity contribution >= 4 is 23.7 Å². The summed E-state index contributed by atoms with van der Waals surface area (Å²) in [5.41, 5.74) is 6.42. The highest BCUT2D eigenvalue weighted by Crippen LogP contribution is 2.30. The second kappa shape index (κ2) is 10.7. The number of nitrogens with one attached hydrogen (secondary N) is 1. The first kappa shape index (κ1) is 26.1. The van der Waals surface area contributed by atoms with Crippen LogP contribution in [0.3, 0.4) is 0 Å². The summed E-state index contributed by atoms with van der Waals surface area (Å²) in [6.07, 6.45) is 4.56. The zero-order valence-electron chi connectivity index (χ0n) is 22.0. The molecule has 2 saturated heterocycles. The molecule has 2 aliphatic heterocycles. The second-order valence-electron chi connectivity index (χ2n) is 10.2. The number of pyridine rings is 1. The zero-order valence-corrected chi connectivity index (χ0v) is 22.0. The molecule has 4 heterocycles. The Morgan fingerprint density at radius 2 is 1.95 bits per heavy atom. The fourth-order valence-electron chi connectivity index (χ4n) is 5.16. The second-order valence-corrected chi connectivity index (χ2v) is 10.2. The van der Waals surface area contributed by atoms with Crippen LogP contribution in [0.1, 0.15) is 31.7 Å². The lowest BCUT2D eigenvalue weighted by atomic mass is 9.92. The van der Waals surface area contributed by atoms with Gasteiger partial charge < -0.3 is 20.7 Å². The van der Waals surface area contributed by atoms with E-state index in [0.717, 1.165) is 24.2 Å². The van der Waals surface area contributed by atoms with Crippen molar-refractivity contribution < 1.29 is 19.1 Å². The Labute approximate surface area is 226 Å². The number of carbonyl (C=O) groups excluding carboxylic acids is 3. The first-order chi connectivity index (χ1) is 18.8. The summed E-state index contributed by atoms with van der Waals surface area (Å²) in [5.74, 6) is 0.489. The van der Waals surface area contributed by atoms with Crippen molar-refractivity contribution in [1.29, 1.82) is 0 Å². The SMILES string of the molecule is COc1ccc(C2(C)NC(=O)N(CC(=O)N3CCCCC(Cn4cc(-c5cccc(N)n5)nn4)C3)C2=O)cc1. The molecule has 4 amide bonds. The number of urea groups is 1. The predicted octanol–water partition coefficient (Wildman–Crippen LogP) is 2.03. The molecule has 5 rings (SSSR count). The molecular weight excluding hydrogens is 500 g/mol. The molecule has 3 aromatic rings. The van der Waals surface area contributed by atoms with E-state index >= 15 is 0 Å². The lowest BCUT2D eigenvalue weighted by Crippen LogP contribution is -2.45. The number of anilines is 1. The molecule has 2 unspecified atom stereocenters. The molecule has 0 aliphatic carbocycles. The van der Waals surface area contributed by atoms with Gasteiger partial charge in [-0.1, -0.05) is 29.8 Å². The third kappa shape index (κ3) is 5.40. The van der Waals surface area contributed by atoms with Gasteiger partial charge in [0.25, 0.3) is 5.91 Å². The van der Waals surface area contributed by atoms with Crippen molar-refractivity contribution in [3.05, 3.63) is 54.2 Å². The molecule has 2 aliphatic rings. The number of hydrogen-bond donors (Lipinski definition) is 2. The maximum Gasteiger partial charge on any atom is 0.325 e. The lowest BCUT2D eigenvalue weighted by molar-refractivity contribution is -0.139. The van der Waals surface area contributed by atoms with E-state index in [-0.39, 0.29) is 18.4 Å². The number of nitrogen functional groups attached to an aromatic ring is 1. The van der Waals surface area contributed by atoms with E-state index in [9.17, 15) is 14.4 Å². The van der Waals surface area contributed by atoms with Gasteiger partial charge in [-0.15, -0.1) is 5.10 Å². The van der Waals surface area contributed by atoms with Crippen LogP contribution in [-0.4, -0.2) is 74.4 Å².